The van der Waals surface area contributed by atoms with E-state index in [-0.39, 0.29) is 18.4 Å². The minimum Gasteiger partial charge on any atom is -0.326 e. The second kappa shape index (κ2) is 6.79. The Morgan fingerprint density at radius 2 is 2.14 bits per heavy atom. The van der Waals surface area contributed by atoms with Crippen LogP contribution in [0.2, 0.25) is 5.02 Å². The zero-order valence-corrected chi connectivity index (χ0v) is 13.2. The number of rotatable bonds is 5. The van der Waals surface area contributed by atoms with Gasteiger partial charge >= 0.3 is 6.03 Å². The number of carbonyl (C=O) groups is 3. The molecule has 0 bridgehead atoms. The van der Waals surface area contributed by atoms with Crippen molar-refractivity contribution in [2.45, 2.75) is 26.3 Å². The number of carbonyl (C=O) groups excluding carboxylic acids is 3. The lowest BCUT2D eigenvalue weighted by atomic mass is 10.0. The molecule has 1 atom stereocenters. The van der Waals surface area contributed by atoms with E-state index in [9.17, 15) is 14.4 Å². The number of anilines is 1. The fourth-order valence-corrected chi connectivity index (χ4v) is 2.46. The molecule has 4 amide bonds. The maximum absolute atomic E-state index is 12.1. The summed E-state index contributed by atoms with van der Waals surface area (Å²) in [5.41, 5.74) is 0.517. The van der Waals surface area contributed by atoms with Crippen LogP contribution in [-0.2, 0) is 9.59 Å². The smallest absolute Gasteiger partial charge is 0.325 e. The van der Waals surface area contributed by atoms with Crippen molar-refractivity contribution in [2.75, 3.05) is 11.9 Å². The maximum Gasteiger partial charge on any atom is 0.325 e. The van der Waals surface area contributed by atoms with E-state index in [1.54, 1.807) is 24.3 Å². The van der Waals surface area contributed by atoms with Gasteiger partial charge in [0, 0.05) is 10.7 Å². The minimum atomic E-state index is -0.550. The summed E-state index contributed by atoms with van der Waals surface area (Å²) in [6.07, 6.45) is 0.553. The summed E-state index contributed by atoms with van der Waals surface area (Å²) >= 11 is 5.83. The Kier molecular flexibility index (Phi) is 5.03. The average molecular weight is 324 g/mol. The monoisotopic (exact) mass is 323 g/mol. The highest BCUT2D eigenvalue weighted by molar-refractivity contribution is 6.30. The van der Waals surface area contributed by atoms with Crippen LogP contribution in [0.25, 0.3) is 0 Å². The number of amides is 4. The fourth-order valence-electron chi connectivity index (χ4n) is 2.27. The lowest BCUT2D eigenvalue weighted by molar-refractivity contribution is -0.131. The van der Waals surface area contributed by atoms with Crippen molar-refractivity contribution in [1.29, 1.82) is 0 Å². The predicted molar refractivity (Wildman–Crippen MR) is 83.6 cm³/mol. The summed E-state index contributed by atoms with van der Waals surface area (Å²) in [5, 5.41) is 5.70. The summed E-state index contributed by atoms with van der Waals surface area (Å²) in [4.78, 5) is 36.9. The van der Waals surface area contributed by atoms with Gasteiger partial charge in [-0.15, -0.1) is 0 Å². The highest BCUT2D eigenvalue weighted by Crippen LogP contribution is 2.16. The van der Waals surface area contributed by atoms with E-state index >= 15 is 0 Å². The summed E-state index contributed by atoms with van der Waals surface area (Å²) < 4.78 is 0. The van der Waals surface area contributed by atoms with Gasteiger partial charge in [0.15, 0.2) is 0 Å². The van der Waals surface area contributed by atoms with Gasteiger partial charge in [0.05, 0.1) is 0 Å². The highest BCUT2D eigenvalue weighted by Gasteiger charge is 2.38. The molecule has 0 aliphatic carbocycles. The van der Waals surface area contributed by atoms with Crippen molar-refractivity contribution < 1.29 is 14.4 Å². The van der Waals surface area contributed by atoms with Gasteiger partial charge in [-0.05, 0) is 30.5 Å². The van der Waals surface area contributed by atoms with Crippen molar-refractivity contribution in [3.8, 4) is 0 Å². The molecule has 1 fully saturated rings. The molecular formula is C15H18ClN3O3. The number of halogens is 1. The molecule has 118 valence electrons. The molecule has 1 aliphatic heterocycles. The largest absolute Gasteiger partial charge is 0.326 e. The van der Waals surface area contributed by atoms with Crippen LogP contribution in [0.5, 0.6) is 0 Å². The minimum absolute atomic E-state index is 0.273. The highest BCUT2D eigenvalue weighted by atomic mass is 35.5. The van der Waals surface area contributed by atoms with Crippen molar-refractivity contribution >= 4 is 35.1 Å². The lowest BCUT2D eigenvalue weighted by Gasteiger charge is -2.13. The molecule has 6 nitrogen and oxygen atoms in total. The van der Waals surface area contributed by atoms with Gasteiger partial charge in [0.2, 0.25) is 5.91 Å². The van der Waals surface area contributed by atoms with Crippen LogP contribution in [0, 0.1) is 5.92 Å². The summed E-state index contributed by atoms with van der Waals surface area (Å²) in [6, 6.07) is 5.57. The van der Waals surface area contributed by atoms with E-state index in [4.69, 9.17) is 11.6 Å². The summed E-state index contributed by atoms with van der Waals surface area (Å²) in [7, 11) is 0. The maximum atomic E-state index is 12.1. The van der Waals surface area contributed by atoms with Gasteiger partial charge in [-0.25, -0.2) is 4.79 Å². The third-order valence-corrected chi connectivity index (χ3v) is 3.46. The van der Waals surface area contributed by atoms with E-state index in [2.05, 4.69) is 10.6 Å². The Labute approximate surface area is 133 Å². The van der Waals surface area contributed by atoms with Gasteiger partial charge in [0.25, 0.3) is 5.91 Å². The zero-order valence-electron chi connectivity index (χ0n) is 12.4. The predicted octanol–water partition coefficient (Wildman–Crippen LogP) is 2.25. The molecule has 0 unspecified atom stereocenters. The second-order valence-corrected chi connectivity index (χ2v) is 6.05. The normalized spacial score (nSPS) is 17.8. The molecule has 1 aliphatic rings. The quantitative estimate of drug-likeness (QED) is 0.816. The molecule has 0 radical (unpaired) electrons. The van der Waals surface area contributed by atoms with E-state index in [1.165, 1.54) is 0 Å². The SMILES string of the molecule is CC(C)C[C@H]1NC(=O)N(CC(=O)Nc2cccc(Cl)c2)C1=O. The molecular weight excluding hydrogens is 306 g/mol. The first-order valence-electron chi connectivity index (χ1n) is 7.04. The Balaban J connectivity index is 1.96. The van der Waals surface area contributed by atoms with Crippen LogP contribution in [0.1, 0.15) is 20.3 Å². The molecule has 1 aromatic rings. The zero-order chi connectivity index (χ0) is 16.3. The van der Waals surface area contributed by atoms with Crippen molar-refractivity contribution in [3.63, 3.8) is 0 Å². The van der Waals surface area contributed by atoms with Crippen molar-refractivity contribution in [1.82, 2.24) is 10.2 Å². The van der Waals surface area contributed by atoms with Gasteiger partial charge in [-0.2, -0.15) is 0 Å². The third-order valence-electron chi connectivity index (χ3n) is 3.22. The van der Waals surface area contributed by atoms with Gasteiger partial charge in [-0.3, -0.25) is 14.5 Å². The lowest BCUT2D eigenvalue weighted by Crippen LogP contribution is -2.38. The van der Waals surface area contributed by atoms with Crippen LogP contribution in [0.4, 0.5) is 10.5 Å². The van der Waals surface area contributed by atoms with Crippen LogP contribution in [0.3, 0.4) is 0 Å². The first-order chi connectivity index (χ1) is 10.4. The summed E-state index contributed by atoms with van der Waals surface area (Å²) in [5.74, 6) is -0.537. The van der Waals surface area contributed by atoms with E-state index in [0.29, 0.717) is 17.1 Å². The topological polar surface area (TPSA) is 78.5 Å². The van der Waals surface area contributed by atoms with Gasteiger partial charge in [0.1, 0.15) is 12.6 Å². The molecule has 0 spiro atoms. The molecule has 7 heteroatoms. The molecule has 2 rings (SSSR count). The van der Waals surface area contributed by atoms with Crippen LogP contribution >= 0.6 is 11.6 Å². The first kappa shape index (κ1) is 16.3. The van der Waals surface area contributed by atoms with E-state index in [1.807, 2.05) is 13.8 Å². The van der Waals surface area contributed by atoms with Crippen LogP contribution in [-0.4, -0.2) is 35.3 Å². The average Bonchev–Trinajstić information content (AvgIpc) is 2.66. The molecule has 1 aromatic carbocycles. The first-order valence-corrected chi connectivity index (χ1v) is 7.42. The number of benzene rings is 1. The van der Waals surface area contributed by atoms with Crippen LogP contribution in [0.15, 0.2) is 24.3 Å². The summed E-state index contributed by atoms with van der Waals surface area (Å²) in [6.45, 7) is 3.62. The molecule has 2 N–H and O–H groups in total. The van der Waals surface area contributed by atoms with Crippen molar-refractivity contribution in [3.05, 3.63) is 29.3 Å². The molecule has 1 heterocycles. The number of hydrogen-bond donors (Lipinski definition) is 2. The number of urea groups is 1. The Morgan fingerprint density at radius 1 is 1.41 bits per heavy atom. The fraction of sp³-hybridized carbons (Fsp3) is 0.400. The van der Waals surface area contributed by atoms with E-state index < -0.39 is 18.0 Å². The van der Waals surface area contributed by atoms with Gasteiger partial charge in [-0.1, -0.05) is 31.5 Å². The molecule has 22 heavy (non-hydrogen) atoms. The van der Waals surface area contributed by atoms with Crippen LogP contribution < -0.4 is 10.6 Å². The van der Waals surface area contributed by atoms with Gasteiger partial charge < -0.3 is 10.6 Å². The second-order valence-electron chi connectivity index (χ2n) is 5.61. The number of imide groups is 1. The third kappa shape index (κ3) is 3.98. The number of hydrogen-bond acceptors (Lipinski definition) is 3. The Hall–Kier alpha value is -2.08. The van der Waals surface area contributed by atoms with Crippen molar-refractivity contribution in [2.24, 2.45) is 5.92 Å². The van der Waals surface area contributed by atoms with E-state index in [0.717, 1.165) is 4.90 Å². The molecule has 0 saturated carbocycles. The molecule has 0 aromatic heterocycles. The molecule has 1 saturated heterocycles. The number of nitrogens with zero attached hydrogens (tertiary/aromatic N) is 1. The number of nitrogens with one attached hydrogen (secondary N) is 2. The Morgan fingerprint density at radius 3 is 2.77 bits per heavy atom. The standard InChI is InChI=1S/C15H18ClN3O3/c1-9(2)6-12-14(21)19(15(22)18-12)8-13(20)17-11-5-3-4-10(16)7-11/h3-5,7,9,12H,6,8H2,1-2H3,(H,17,20)(H,18,22)/t12-/m1/s1. The Bertz CT molecular complexity index is 603.